The maximum Gasteiger partial charge on any atom is 0.341 e. The Balaban J connectivity index is 1.77. The van der Waals surface area contributed by atoms with E-state index in [2.05, 4.69) is 17.6 Å². The first kappa shape index (κ1) is 17.9. The number of carbonyl (C=O) groups is 1. The predicted octanol–water partition coefficient (Wildman–Crippen LogP) is 4.13. The van der Waals surface area contributed by atoms with Crippen LogP contribution >= 0.6 is 23.6 Å². The second kappa shape index (κ2) is 8.01. The molecule has 2 N–H and O–H groups in total. The Morgan fingerprint density at radius 1 is 1.52 bits per heavy atom. The van der Waals surface area contributed by atoms with Crippen LogP contribution in [0.4, 0.5) is 5.00 Å². The Bertz CT molecular complexity index is 753. The number of rotatable bonds is 5. The topological polar surface area (TPSA) is 63.5 Å². The van der Waals surface area contributed by atoms with E-state index < -0.39 is 0 Å². The van der Waals surface area contributed by atoms with Crippen LogP contribution in [0.2, 0.25) is 0 Å². The van der Waals surface area contributed by atoms with Crippen molar-refractivity contribution in [1.29, 1.82) is 0 Å². The van der Waals surface area contributed by atoms with Gasteiger partial charge in [-0.3, -0.25) is 0 Å². The zero-order valence-electron chi connectivity index (χ0n) is 14.4. The maximum atomic E-state index is 12.5. The Kier molecular flexibility index (Phi) is 5.75. The molecule has 0 unspecified atom stereocenters. The average molecular weight is 379 g/mol. The first-order valence-corrected chi connectivity index (χ1v) is 9.69. The fraction of sp³-hybridized carbons (Fsp3) is 0.444. The third-order valence-corrected chi connectivity index (χ3v) is 5.64. The van der Waals surface area contributed by atoms with Gasteiger partial charge < -0.3 is 19.8 Å². The van der Waals surface area contributed by atoms with Crippen molar-refractivity contribution >= 4 is 39.6 Å². The summed E-state index contributed by atoms with van der Waals surface area (Å²) in [6.07, 6.45) is 4.63. The van der Waals surface area contributed by atoms with Crippen LogP contribution in [0.3, 0.4) is 0 Å². The van der Waals surface area contributed by atoms with Crippen molar-refractivity contribution in [2.45, 2.75) is 39.7 Å². The van der Waals surface area contributed by atoms with Crippen molar-refractivity contribution < 1.29 is 13.9 Å². The number of thiophene rings is 1. The van der Waals surface area contributed by atoms with Gasteiger partial charge in [-0.15, -0.1) is 11.3 Å². The van der Waals surface area contributed by atoms with Crippen LogP contribution in [0, 0.1) is 5.92 Å². The fourth-order valence-electron chi connectivity index (χ4n) is 2.99. The molecule has 0 amide bonds. The number of nitrogens with one attached hydrogen (secondary N) is 2. The summed E-state index contributed by atoms with van der Waals surface area (Å²) in [6.45, 7) is 4.92. The molecule has 134 valence electrons. The molecule has 0 spiro atoms. The van der Waals surface area contributed by atoms with Gasteiger partial charge in [0.1, 0.15) is 10.8 Å². The summed E-state index contributed by atoms with van der Waals surface area (Å²) in [5, 5.41) is 7.52. The summed E-state index contributed by atoms with van der Waals surface area (Å²) >= 11 is 6.98. The van der Waals surface area contributed by atoms with E-state index >= 15 is 0 Å². The molecule has 5 nitrogen and oxygen atoms in total. The average Bonchev–Trinajstić information content (AvgIpc) is 3.19. The molecule has 0 bridgehead atoms. The second-order valence-electron chi connectivity index (χ2n) is 6.16. The Morgan fingerprint density at radius 3 is 3.08 bits per heavy atom. The fourth-order valence-corrected chi connectivity index (χ4v) is 4.63. The summed E-state index contributed by atoms with van der Waals surface area (Å²) in [5.41, 5.74) is 1.77. The largest absolute Gasteiger partial charge is 0.467 e. The number of thiocarbonyl (C=S) groups is 1. The normalized spacial score (nSPS) is 16.2. The molecule has 1 aliphatic carbocycles. The van der Waals surface area contributed by atoms with Crippen LogP contribution in [0.5, 0.6) is 0 Å². The Labute approximate surface area is 156 Å². The number of fused-ring (bicyclic) bond motifs is 1. The summed E-state index contributed by atoms with van der Waals surface area (Å²) in [5.74, 6) is 1.16. The van der Waals surface area contributed by atoms with Crippen LogP contribution in [-0.2, 0) is 24.1 Å². The van der Waals surface area contributed by atoms with Crippen LogP contribution in [-0.4, -0.2) is 17.7 Å². The highest BCUT2D eigenvalue weighted by Gasteiger charge is 2.28. The Hall–Kier alpha value is -1.86. The standard InChI is InChI=1S/C18H22N2O3S2/c1-3-22-17(21)15-13-7-6-11(2)9-14(13)25-16(15)20-18(24)19-10-12-5-4-8-23-12/h4-5,8,11H,3,6-7,9-10H2,1-2H3,(H2,19,20,24)/t11-/m1/s1. The van der Waals surface area contributed by atoms with Gasteiger partial charge in [-0.25, -0.2) is 4.79 Å². The lowest BCUT2D eigenvalue weighted by molar-refractivity contribution is 0.0526. The molecule has 0 radical (unpaired) electrons. The molecule has 0 aliphatic heterocycles. The first-order chi connectivity index (χ1) is 12.1. The maximum absolute atomic E-state index is 12.5. The highest BCUT2D eigenvalue weighted by molar-refractivity contribution is 7.80. The molecule has 3 rings (SSSR count). The summed E-state index contributed by atoms with van der Waals surface area (Å²) in [7, 11) is 0. The third-order valence-electron chi connectivity index (χ3n) is 4.22. The zero-order valence-corrected chi connectivity index (χ0v) is 16.0. The molecule has 1 aliphatic rings. The van der Waals surface area contributed by atoms with Gasteiger partial charge in [0.15, 0.2) is 5.11 Å². The number of hydrogen-bond acceptors (Lipinski definition) is 5. The molecule has 0 fully saturated rings. The van der Waals surface area contributed by atoms with Gasteiger partial charge in [0.25, 0.3) is 0 Å². The van der Waals surface area contributed by atoms with E-state index in [0.29, 0.717) is 29.7 Å². The van der Waals surface area contributed by atoms with Gasteiger partial charge in [-0.1, -0.05) is 6.92 Å². The quantitative estimate of drug-likeness (QED) is 0.602. The lowest BCUT2D eigenvalue weighted by Gasteiger charge is -2.18. The molecule has 25 heavy (non-hydrogen) atoms. The summed E-state index contributed by atoms with van der Waals surface area (Å²) < 4.78 is 10.6. The van der Waals surface area contributed by atoms with Gasteiger partial charge in [-0.2, -0.15) is 0 Å². The van der Waals surface area contributed by atoms with Gasteiger partial charge in [0, 0.05) is 4.88 Å². The van der Waals surface area contributed by atoms with E-state index in [1.807, 2.05) is 19.1 Å². The van der Waals surface area contributed by atoms with Crippen LogP contribution in [0.25, 0.3) is 0 Å². The van der Waals surface area contributed by atoms with Gasteiger partial charge >= 0.3 is 5.97 Å². The molecule has 2 heterocycles. The third kappa shape index (κ3) is 4.22. The number of anilines is 1. The first-order valence-electron chi connectivity index (χ1n) is 8.47. The van der Waals surface area contributed by atoms with Crippen LogP contribution in [0.1, 0.15) is 46.8 Å². The summed E-state index contributed by atoms with van der Waals surface area (Å²) in [4.78, 5) is 13.7. The number of furan rings is 1. The van der Waals surface area contributed by atoms with Crippen LogP contribution in [0.15, 0.2) is 22.8 Å². The SMILES string of the molecule is CCOC(=O)c1c(NC(=S)NCc2ccco2)sc2c1CC[C@@H](C)C2. The van der Waals surface area contributed by atoms with Crippen molar-refractivity contribution in [3.63, 3.8) is 0 Å². The minimum Gasteiger partial charge on any atom is -0.467 e. The molecule has 0 saturated carbocycles. The molecular weight excluding hydrogens is 356 g/mol. The number of hydrogen-bond donors (Lipinski definition) is 2. The molecule has 0 saturated heterocycles. The number of ether oxygens (including phenoxy) is 1. The molecular formula is C18H22N2O3S2. The second-order valence-corrected chi connectivity index (χ2v) is 7.68. The lowest BCUT2D eigenvalue weighted by Crippen LogP contribution is -2.28. The van der Waals surface area contributed by atoms with Crippen molar-refractivity contribution in [2.24, 2.45) is 5.92 Å². The lowest BCUT2D eigenvalue weighted by atomic mass is 9.88. The molecule has 0 aromatic carbocycles. The molecule has 2 aromatic heterocycles. The van der Waals surface area contributed by atoms with E-state index in [1.165, 1.54) is 4.88 Å². The molecule has 2 aromatic rings. The minimum absolute atomic E-state index is 0.272. The van der Waals surface area contributed by atoms with Gasteiger partial charge in [0.2, 0.25) is 0 Å². The predicted molar refractivity (Wildman–Crippen MR) is 103 cm³/mol. The van der Waals surface area contributed by atoms with Crippen molar-refractivity contribution in [1.82, 2.24) is 5.32 Å². The van der Waals surface area contributed by atoms with E-state index in [9.17, 15) is 4.79 Å². The molecule has 7 heteroatoms. The van der Waals surface area contributed by atoms with E-state index in [4.69, 9.17) is 21.4 Å². The highest BCUT2D eigenvalue weighted by atomic mass is 32.1. The summed E-state index contributed by atoms with van der Waals surface area (Å²) in [6, 6.07) is 3.71. The van der Waals surface area contributed by atoms with Crippen molar-refractivity contribution in [3.8, 4) is 0 Å². The van der Waals surface area contributed by atoms with Crippen molar-refractivity contribution in [3.05, 3.63) is 40.2 Å². The number of esters is 1. The Morgan fingerprint density at radius 2 is 2.36 bits per heavy atom. The monoisotopic (exact) mass is 378 g/mol. The van der Waals surface area contributed by atoms with E-state index in [-0.39, 0.29) is 5.97 Å². The minimum atomic E-state index is -0.272. The zero-order chi connectivity index (χ0) is 17.8. The smallest absolute Gasteiger partial charge is 0.341 e. The van der Waals surface area contributed by atoms with Crippen LogP contribution < -0.4 is 10.6 Å². The molecule has 1 atom stereocenters. The highest BCUT2D eigenvalue weighted by Crippen LogP contribution is 2.40. The number of carbonyl (C=O) groups excluding carboxylic acids is 1. The van der Waals surface area contributed by atoms with Gasteiger partial charge in [-0.05, 0) is 62.0 Å². The van der Waals surface area contributed by atoms with Crippen molar-refractivity contribution in [2.75, 3.05) is 11.9 Å². The van der Waals surface area contributed by atoms with Gasteiger partial charge in [0.05, 0.1) is 25.0 Å². The van der Waals surface area contributed by atoms with E-state index in [0.717, 1.165) is 35.6 Å². The van der Waals surface area contributed by atoms with E-state index in [1.54, 1.807) is 17.6 Å².